The third-order valence-electron chi connectivity index (χ3n) is 2.94. The number of carbonyl (C=O) groups is 4. The second-order valence-electron chi connectivity index (χ2n) is 4.03. The van der Waals surface area contributed by atoms with Crippen molar-refractivity contribution in [2.45, 2.75) is 12.3 Å². The van der Waals surface area contributed by atoms with Gasteiger partial charge in [0, 0.05) is 0 Å². The summed E-state index contributed by atoms with van der Waals surface area (Å²) in [6.07, 6.45) is -0.0549. The molecule has 0 bridgehead atoms. The van der Waals surface area contributed by atoms with Crippen LogP contribution in [-0.2, 0) is 19.1 Å². The van der Waals surface area contributed by atoms with Gasteiger partial charge in [-0.15, -0.1) is 0 Å². The minimum atomic E-state index is -0.741. The fourth-order valence-electron chi connectivity index (χ4n) is 2.05. The molecule has 6 nitrogen and oxygen atoms in total. The topological polar surface area (TPSA) is 86.7 Å². The lowest BCUT2D eigenvalue weighted by Crippen LogP contribution is -2.06. The molecule has 0 spiro atoms. The van der Waals surface area contributed by atoms with E-state index in [1.165, 1.54) is 18.2 Å². The Morgan fingerprint density at radius 1 is 0.944 bits per heavy atom. The van der Waals surface area contributed by atoms with Crippen LogP contribution in [0, 0.1) is 0 Å². The van der Waals surface area contributed by atoms with Gasteiger partial charge in [-0.25, -0.2) is 9.59 Å². The Morgan fingerprint density at radius 3 is 2.33 bits per heavy atom. The van der Waals surface area contributed by atoms with Gasteiger partial charge in [-0.3, -0.25) is 9.59 Å². The van der Waals surface area contributed by atoms with Crippen molar-refractivity contribution in [1.29, 1.82) is 0 Å². The molecule has 0 aromatic heterocycles. The molecule has 18 heavy (non-hydrogen) atoms. The highest BCUT2D eigenvalue weighted by molar-refractivity contribution is 6.15. The van der Waals surface area contributed by atoms with Gasteiger partial charge in [-0.2, -0.15) is 0 Å². The molecule has 1 unspecified atom stereocenters. The molecule has 3 rings (SSSR count). The highest BCUT2D eigenvalue weighted by Crippen LogP contribution is 2.30. The van der Waals surface area contributed by atoms with Crippen molar-refractivity contribution in [3.63, 3.8) is 0 Å². The third kappa shape index (κ3) is 1.42. The van der Waals surface area contributed by atoms with E-state index in [2.05, 4.69) is 9.47 Å². The highest BCUT2D eigenvalue weighted by atomic mass is 16.6. The number of cyclic esters (lactones) is 4. The molecule has 6 heteroatoms. The molecular formula is C12H6O6. The number of carbonyl (C=O) groups excluding carboxylic acids is 4. The van der Waals surface area contributed by atoms with E-state index in [1.54, 1.807) is 0 Å². The molecule has 2 aliphatic heterocycles. The Kier molecular flexibility index (Phi) is 2.07. The lowest BCUT2D eigenvalue weighted by Gasteiger charge is -2.05. The van der Waals surface area contributed by atoms with Crippen LogP contribution in [0.25, 0.3) is 0 Å². The summed E-state index contributed by atoms with van der Waals surface area (Å²) < 4.78 is 8.87. The monoisotopic (exact) mass is 246 g/mol. The maximum absolute atomic E-state index is 11.4. The Bertz CT molecular complexity index is 615. The van der Waals surface area contributed by atoms with Gasteiger partial charge in [0.25, 0.3) is 0 Å². The summed E-state index contributed by atoms with van der Waals surface area (Å²) in [5.41, 5.74) is 0.752. The second-order valence-corrected chi connectivity index (χ2v) is 4.03. The van der Waals surface area contributed by atoms with Gasteiger partial charge in [0.15, 0.2) is 0 Å². The number of rotatable bonds is 1. The molecule has 1 saturated heterocycles. The van der Waals surface area contributed by atoms with Crippen molar-refractivity contribution >= 4 is 23.9 Å². The van der Waals surface area contributed by atoms with E-state index in [4.69, 9.17) is 0 Å². The number of esters is 4. The van der Waals surface area contributed by atoms with Crippen LogP contribution < -0.4 is 0 Å². The minimum absolute atomic E-state index is 0.0549. The van der Waals surface area contributed by atoms with Gasteiger partial charge < -0.3 is 9.47 Å². The highest BCUT2D eigenvalue weighted by Gasteiger charge is 2.37. The summed E-state index contributed by atoms with van der Waals surface area (Å²) in [6.45, 7) is 0. The molecule has 1 fully saturated rings. The zero-order valence-electron chi connectivity index (χ0n) is 8.97. The number of hydrogen-bond donors (Lipinski definition) is 0. The van der Waals surface area contributed by atoms with Gasteiger partial charge in [-0.05, 0) is 17.7 Å². The van der Waals surface area contributed by atoms with Crippen LogP contribution in [0.3, 0.4) is 0 Å². The number of benzene rings is 1. The molecule has 2 heterocycles. The molecule has 0 amide bonds. The summed E-state index contributed by atoms with van der Waals surface area (Å²) >= 11 is 0. The fraction of sp³-hybridized carbons (Fsp3) is 0.167. The van der Waals surface area contributed by atoms with Crippen LogP contribution in [0.4, 0.5) is 0 Å². The molecule has 1 aromatic rings. The summed E-state index contributed by atoms with van der Waals surface area (Å²) in [7, 11) is 0. The average Bonchev–Trinajstić information content (AvgIpc) is 2.80. The van der Waals surface area contributed by atoms with Crippen molar-refractivity contribution in [3.05, 3.63) is 34.9 Å². The quantitative estimate of drug-likeness (QED) is 0.531. The molecule has 0 saturated carbocycles. The Morgan fingerprint density at radius 2 is 1.67 bits per heavy atom. The van der Waals surface area contributed by atoms with E-state index in [0.29, 0.717) is 5.56 Å². The summed E-state index contributed by atoms with van der Waals surface area (Å²) in [6, 6.07) is 4.32. The number of hydrogen-bond acceptors (Lipinski definition) is 6. The van der Waals surface area contributed by atoms with Crippen LogP contribution in [-0.4, -0.2) is 23.9 Å². The van der Waals surface area contributed by atoms with Crippen molar-refractivity contribution in [3.8, 4) is 0 Å². The maximum Gasteiger partial charge on any atom is 0.346 e. The largest absolute Gasteiger partial charge is 0.393 e. The maximum atomic E-state index is 11.4. The predicted octanol–water partition coefficient (Wildman–Crippen LogP) is 0.554. The van der Waals surface area contributed by atoms with E-state index >= 15 is 0 Å². The number of ether oxygens (including phenoxy) is 2. The SMILES string of the molecule is O=C1CC(c2ccc3c(c2)C(=O)OC3=O)C(=O)O1. The third-order valence-corrected chi connectivity index (χ3v) is 2.94. The Balaban J connectivity index is 2.04. The molecule has 2 aliphatic rings. The summed E-state index contributed by atoms with van der Waals surface area (Å²) in [5.74, 6) is -3.39. The van der Waals surface area contributed by atoms with Crippen molar-refractivity contribution in [2.75, 3.05) is 0 Å². The second kappa shape index (κ2) is 3.49. The van der Waals surface area contributed by atoms with Crippen LogP contribution in [0.1, 0.15) is 38.6 Å². The van der Waals surface area contributed by atoms with Crippen LogP contribution in [0.5, 0.6) is 0 Å². The molecular weight excluding hydrogens is 240 g/mol. The summed E-state index contributed by atoms with van der Waals surface area (Å²) in [5, 5.41) is 0. The van der Waals surface area contributed by atoms with E-state index < -0.39 is 29.8 Å². The van der Waals surface area contributed by atoms with E-state index in [-0.39, 0.29) is 17.5 Å². The van der Waals surface area contributed by atoms with Crippen LogP contribution >= 0.6 is 0 Å². The van der Waals surface area contributed by atoms with Gasteiger partial charge in [-0.1, -0.05) is 6.07 Å². The first-order valence-electron chi connectivity index (χ1n) is 5.21. The van der Waals surface area contributed by atoms with Crippen LogP contribution in [0.2, 0.25) is 0 Å². The lowest BCUT2D eigenvalue weighted by atomic mass is 9.94. The molecule has 0 N–H and O–H groups in total. The van der Waals surface area contributed by atoms with E-state index in [0.717, 1.165) is 0 Å². The van der Waals surface area contributed by atoms with Crippen molar-refractivity contribution < 1.29 is 28.7 Å². The van der Waals surface area contributed by atoms with Crippen molar-refractivity contribution in [1.82, 2.24) is 0 Å². The van der Waals surface area contributed by atoms with Gasteiger partial charge >= 0.3 is 23.9 Å². The molecule has 0 aliphatic carbocycles. The number of fused-ring (bicyclic) bond motifs is 1. The van der Waals surface area contributed by atoms with E-state index in [9.17, 15) is 19.2 Å². The normalized spacial score (nSPS) is 21.9. The minimum Gasteiger partial charge on any atom is -0.393 e. The summed E-state index contributed by atoms with van der Waals surface area (Å²) in [4.78, 5) is 45.0. The van der Waals surface area contributed by atoms with Gasteiger partial charge in [0.05, 0.1) is 23.5 Å². The molecule has 1 atom stereocenters. The molecule has 0 radical (unpaired) electrons. The first-order valence-corrected chi connectivity index (χ1v) is 5.21. The predicted molar refractivity (Wildman–Crippen MR) is 54.6 cm³/mol. The van der Waals surface area contributed by atoms with Crippen molar-refractivity contribution in [2.24, 2.45) is 0 Å². The first kappa shape index (κ1) is 10.6. The standard InChI is InChI=1S/C12H6O6/c13-9-4-7(11(15)17-9)5-1-2-6-8(3-5)12(16)18-10(6)14/h1-3,7H,4H2. The fourth-order valence-corrected chi connectivity index (χ4v) is 2.05. The molecule has 90 valence electrons. The zero-order chi connectivity index (χ0) is 12.9. The van der Waals surface area contributed by atoms with Gasteiger partial charge in [0.2, 0.25) is 0 Å². The average molecular weight is 246 g/mol. The Hall–Kier alpha value is -2.50. The van der Waals surface area contributed by atoms with E-state index in [1.807, 2.05) is 0 Å². The Labute approximate surface area is 100 Å². The smallest absolute Gasteiger partial charge is 0.346 e. The first-order chi connectivity index (χ1) is 8.56. The van der Waals surface area contributed by atoms with Crippen LogP contribution in [0.15, 0.2) is 18.2 Å². The lowest BCUT2D eigenvalue weighted by molar-refractivity contribution is -0.152. The molecule has 1 aromatic carbocycles. The van der Waals surface area contributed by atoms with Gasteiger partial charge in [0.1, 0.15) is 0 Å². The zero-order valence-corrected chi connectivity index (χ0v) is 8.97.